The minimum absolute atomic E-state index is 0.0439. The van der Waals surface area contributed by atoms with Crippen LogP contribution in [0.4, 0.5) is 5.69 Å². The summed E-state index contributed by atoms with van der Waals surface area (Å²) < 4.78 is 1.58. The Balaban J connectivity index is 1.94. The molecule has 0 aliphatic carbocycles. The van der Waals surface area contributed by atoms with E-state index in [4.69, 9.17) is 11.6 Å². The molecule has 1 N–H and O–H groups in total. The van der Waals surface area contributed by atoms with Crippen molar-refractivity contribution in [1.29, 1.82) is 5.26 Å². The molecule has 0 aliphatic heterocycles. The summed E-state index contributed by atoms with van der Waals surface area (Å²) in [4.78, 5) is 12.6. The van der Waals surface area contributed by atoms with Gasteiger partial charge >= 0.3 is 0 Å². The highest BCUT2D eigenvalue weighted by atomic mass is 35.5. The summed E-state index contributed by atoms with van der Waals surface area (Å²) in [5, 5.41) is 17.1. The number of anilines is 1. The van der Waals surface area contributed by atoms with E-state index in [2.05, 4.69) is 10.4 Å². The number of nitrogens with zero attached hydrogens (tertiary/aromatic N) is 3. The Labute approximate surface area is 168 Å². The molecular formula is C22H19ClN4O. The molecule has 1 aromatic heterocycles. The summed E-state index contributed by atoms with van der Waals surface area (Å²) in [5.41, 5.74) is 4.61. The molecule has 3 aromatic rings. The Morgan fingerprint density at radius 1 is 1.18 bits per heavy atom. The molecule has 0 bridgehead atoms. The first-order chi connectivity index (χ1) is 13.4. The summed E-state index contributed by atoms with van der Waals surface area (Å²) in [6.45, 7) is 5.67. The van der Waals surface area contributed by atoms with Crippen LogP contribution in [0.15, 0.2) is 54.1 Å². The van der Waals surface area contributed by atoms with Crippen molar-refractivity contribution in [2.75, 3.05) is 5.32 Å². The fraction of sp³-hybridized carbons (Fsp3) is 0.136. The Hall–Kier alpha value is -3.36. The average Bonchev–Trinajstić information content (AvgIpc) is 2.96. The number of carbonyl (C=O) groups excluding carboxylic acids is 1. The summed E-state index contributed by atoms with van der Waals surface area (Å²) in [6, 6.07) is 17.1. The first kappa shape index (κ1) is 19.4. The van der Waals surface area contributed by atoms with Crippen LogP contribution in [-0.2, 0) is 4.79 Å². The van der Waals surface area contributed by atoms with E-state index in [1.54, 1.807) is 11.6 Å². The number of nitriles is 1. The molecule has 0 spiro atoms. The van der Waals surface area contributed by atoms with Crippen molar-refractivity contribution >= 4 is 29.3 Å². The Kier molecular flexibility index (Phi) is 5.62. The fourth-order valence-corrected chi connectivity index (χ4v) is 3.18. The number of aromatic nitrogens is 2. The second kappa shape index (κ2) is 8.12. The Bertz CT molecular complexity index is 1110. The van der Waals surface area contributed by atoms with E-state index < -0.39 is 5.91 Å². The van der Waals surface area contributed by atoms with Crippen LogP contribution in [0.25, 0.3) is 11.8 Å². The highest BCUT2D eigenvalue weighted by Gasteiger charge is 2.17. The van der Waals surface area contributed by atoms with Gasteiger partial charge in [0.2, 0.25) is 0 Å². The van der Waals surface area contributed by atoms with Gasteiger partial charge in [0.05, 0.1) is 11.4 Å². The number of benzene rings is 2. The van der Waals surface area contributed by atoms with Crippen LogP contribution in [0.5, 0.6) is 0 Å². The zero-order valence-corrected chi connectivity index (χ0v) is 16.6. The Morgan fingerprint density at radius 2 is 1.89 bits per heavy atom. The maximum Gasteiger partial charge on any atom is 0.266 e. The monoisotopic (exact) mass is 390 g/mol. The molecule has 0 saturated carbocycles. The van der Waals surface area contributed by atoms with Gasteiger partial charge in [0.15, 0.2) is 0 Å². The maximum absolute atomic E-state index is 12.6. The van der Waals surface area contributed by atoms with Crippen molar-refractivity contribution in [2.45, 2.75) is 20.8 Å². The molecular weight excluding hydrogens is 372 g/mol. The number of halogens is 1. The lowest BCUT2D eigenvalue weighted by Gasteiger charge is -2.08. The lowest BCUT2D eigenvalue weighted by Crippen LogP contribution is -2.14. The van der Waals surface area contributed by atoms with E-state index in [0.717, 1.165) is 16.8 Å². The number of para-hydroxylation sites is 1. The molecule has 0 saturated heterocycles. The summed E-state index contributed by atoms with van der Waals surface area (Å²) in [5.74, 6) is -0.489. The molecule has 0 radical (unpaired) electrons. The molecule has 2 aromatic carbocycles. The van der Waals surface area contributed by atoms with Crippen LogP contribution in [-0.4, -0.2) is 15.7 Å². The molecule has 28 heavy (non-hydrogen) atoms. The molecule has 0 fully saturated rings. The van der Waals surface area contributed by atoms with Crippen molar-refractivity contribution in [3.8, 4) is 11.8 Å². The highest BCUT2D eigenvalue weighted by molar-refractivity contribution is 6.31. The first-order valence-corrected chi connectivity index (χ1v) is 9.09. The largest absolute Gasteiger partial charge is 0.321 e. The number of nitrogens with one attached hydrogen (secondary N) is 1. The Morgan fingerprint density at radius 3 is 2.54 bits per heavy atom. The average molecular weight is 391 g/mol. The molecule has 1 heterocycles. The molecule has 140 valence electrons. The van der Waals surface area contributed by atoms with Gasteiger partial charge < -0.3 is 5.32 Å². The molecule has 0 unspecified atom stereocenters. The number of rotatable bonds is 4. The first-order valence-electron chi connectivity index (χ1n) is 8.71. The molecule has 0 atom stereocenters. The normalized spacial score (nSPS) is 11.2. The van der Waals surface area contributed by atoms with E-state index in [9.17, 15) is 10.1 Å². The topological polar surface area (TPSA) is 70.7 Å². The van der Waals surface area contributed by atoms with Gasteiger partial charge in [-0.2, -0.15) is 10.4 Å². The van der Waals surface area contributed by atoms with Crippen LogP contribution < -0.4 is 5.32 Å². The molecule has 6 heteroatoms. The van der Waals surface area contributed by atoms with E-state index in [1.165, 1.54) is 6.08 Å². The van der Waals surface area contributed by atoms with Gasteiger partial charge in [-0.3, -0.25) is 4.79 Å². The summed E-state index contributed by atoms with van der Waals surface area (Å²) in [6.07, 6.45) is 1.48. The predicted molar refractivity (Wildman–Crippen MR) is 111 cm³/mol. The minimum Gasteiger partial charge on any atom is -0.321 e. The van der Waals surface area contributed by atoms with Crippen LogP contribution in [0.3, 0.4) is 0 Å². The number of aryl methyl sites for hydroxylation is 3. The van der Waals surface area contributed by atoms with Crippen molar-refractivity contribution in [3.63, 3.8) is 0 Å². The lowest BCUT2D eigenvalue weighted by atomic mass is 10.1. The zero-order chi connectivity index (χ0) is 20.3. The predicted octanol–water partition coefficient (Wildman–Crippen LogP) is 5.00. The zero-order valence-electron chi connectivity index (χ0n) is 15.8. The standard InChI is InChI=1S/C22H19ClN4O/c1-14-9-10-20(15(2)11-14)25-22(28)17(13-24)12-19-16(3)26-27(21(19)23)18-7-5-4-6-8-18/h4-12H,1-3H3,(H,25,28)/b17-12-. The molecule has 3 rings (SSSR count). The molecule has 5 nitrogen and oxygen atoms in total. The lowest BCUT2D eigenvalue weighted by molar-refractivity contribution is -0.112. The van der Waals surface area contributed by atoms with Gasteiger partial charge in [-0.25, -0.2) is 4.68 Å². The number of hydrogen-bond donors (Lipinski definition) is 1. The third-order valence-corrected chi connectivity index (χ3v) is 4.70. The number of carbonyl (C=O) groups is 1. The second-order valence-corrected chi connectivity index (χ2v) is 6.84. The second-order valence-electron chi connectivity index (χ2n) is 6.48. The molecule has 0 aliphatic rings. The van der Waals surface area contributed by atoms with Crippen molar-refractivity contribution in [2.24, 2.45) is 0 Å². The molecule has 1 amide bonds. The van der Waals surface area contributed by atoms with Gasteiger partial charge in [-0.15, -0.1) is 0 Å². The van der Waals surface area contributed by atoms with Crippen molar-refractivity contribution in [1.82, 2.24) is 9.78 Å². The van der Waals surface area contributed by atoms with Crippen molar-refractivity contribution in [3.05, 3.63) is 81.6 Å². The van der Waals surface area contributed by atoms with Crippen LogP contribution in [0, 0.1) is 32.1 Å². The smallest absolute Gasteiger partial charge is 0.266 e. The highest BCUT2D eigenvalue weighted by Crippen LogP contribution is 2.26. The maximum atomic E-state index is 12.6. The number of amides is 1. The minimum atomic E-state index is -0.489. The summed E-state index contributed by atoms with van der Waals surface area (Å²) in [7, 11) is 0. The van der Waals surface area contributed by atoms with Crippen LogP contribution in [0.1, 0.15) is 22.4 Å². The number of hydrogen-bond acceptors (Lipinski definition) is 3. The third kappa shape index (κ3) is 3.98. The van der Waals surface area contributed by atoms with Crippen LogP contribution >= 0.6 is 11.6 Å². The third-order valence-electron chi connectivity index (χ3n) is 4.33. The quantitative estimate of drug-likeness (QED) is 0.503. The van der Waals surface area contributed by atoms with E-state index in [-0.39, 0.29) is 5.57 Å². The van der Waals surface area contributed by atoms with Crippen molar-refractivity contribution < 1.29 is 4.79 Å². The van der Waals surface area contributed by atoms with Gasteiger partial charge in [-0.1, -0.05) is 47.5 Å². The summed E-state index contributed by atoms with van der Waals surface area (Å²) >= 11 is 6.49. The van der Waals surface area contributed by atoms with Gasteiger partial charge in [-0.05, 0) is 50.6 Å². The van der Waals surface area contributed by atoms with E-state index >= 15 is 0 Å². The van der Waals surface area contributed by atoms with Crippen LogP contribution in [0.2, 0.25) is 5.15 Å². The van der Waals surface area contributed by atoms with Gasteiger partial charge in [0.25, 0.3) is 5.91 Å². The van der Waals surface area contributed by atoms with E-state index in [0.29, 0.717) is 22.1 Å². The fourth-order valence-electron chi connectivity index (χ4n) is 2.85. The van der Waals surface area contributed by atoms with Gasteiger partial charge in [0, 0.05) is 11.3 Å². The van der Waals surface area contributed by atoms with E-state index in [1.807, 2.05) is 68.4 Å². The SMILES string of the molecule is Cc1ccc(NC(=O)/C(C#N)=C\c2c(C)nn(-c3ccccc3)c2Cl)c(C)c1. The van der Waals surface area contributed by atoms with Gasteiger partial charge in [0.1, 0.15) is 16.8 Å².